The van der Waals surface area contributed by atoms with Crippen molar-refractivity contribution in [2.45, 2.75) is 11.8 Å². The summed E-state index contributed by atoms with van der Waals surface area (Å²) in [7, 11) is -3.90. The SMILES string of the molecule is Cc1cc(Cl)ccc1NS(=O)(=O)c1cccc([N+](=O)[O-])c1. The normalized spacial score (nSPS) is 11.1. The lowest BCUT2D eigenvalue weighted by Crippen LogP contribution is -2.13. The molecule has 21 heavy (non-hydrogen) atoms. The molecule has 0 aliphatic carbocycles. The topological polar surface area (TPSA) is 89.3 Å². The van der Waals surface area contributed by atoms with E-state index in [-0.39, 0.29) is 10.6 Å². The van der Waals surface area contributed by atoms with Gasteiger partial charge < -0.3 is 0 Å². The molecule has 0 fully saturated rings. The van der Waals surface area contributed by atoms with E-state index in [1.165, 1.54) is 24.3 Å². The molecule has 0 aliphatic rings. The van der Waals surface area contributed by atoms with Gasteiger partial charge in [-0.25, -0.2) is 8.42 Å². The van der Waals surface area contributed by atoms with Crippen LogP contribution >= 0.6 is 11.6 Å². The van der Waals surface area contributed by atoms with E-state index < -0.39 is 14.9 Å². The van der Waals surface area contributed by atoms with Crippen molar-refractivity contribution in [2.75, 3.05) is 4.72 Å². The molecule has 0 atom stereocenters. The van der Waals surface area contributed by atoms with Crippen molar-refractivity contribution in [1.29, 1.82) is 0 Å². The van der Waals surface area contributed by atoms with Crippen molar-refractivity contribution in [3.05, 3.63) is 63.2 Å². The summed E-state index contributed by atoms with van der Waals surface area (Å²) in [6, 6.07) is 9.56. The Hall–Kier alpha value is -2.12. The zero-order chi connectivity index (χ0) is 15.6. The Bertz CT molecular complexity index is 806. The zero-order valence-electron chi connectivity index (χ0n) is 10.9. The number of rotatable bonds is 4. The molecule has 0 spiro atoms. The van der Waals surface area contributed by atoms with Crippen LogP contribution in [0.25, 0.3) is 0 Å². The van der Waals surface area contributed by atoms with Gasteiger partial charge in [-0.1, -0.05) is 17.7 Å². The van der Waals surface area contributed by atoms with E-state index in [0.717, 1.165) is 6.07 Å². The summed E-state index contributed by atoms with van der Waals surface area (Å²) in [5.74, 6) is 0. The maximum atomic E-state index is 12.2. The molecule has 0 amide bonds. The van der Waals surface area contributed by atoms with Gasteiger partial charge in [0.2, 0.25) is 0 Å². The molecule has 1 N–H and O–H groups in total. The van der Waals surface area contributed by atoms with Gasteiger partial charge in [0.15, 0.2) is 0 Å². The van der Waals surface area contributed by atoms with Crippen molar-refractivity contribution >= 4 is 33.0 Å². The minimum Gasteiger partial charge on any atom is -0.279 e. The average molecular weight is 327 g/mol. The number of nitrogens with one attached hydrogen (secondary N) is 1. The molecule has 0 saturated heterocycles. The van der Waals surface area contributed by atoms with E-state index >= 15 is 0 Å². The summed E-state index contributed by atoms with van der Waals surface area (Å²) < 4.78 is 26.9. The van der Waals surface area contributed by atoms with Crippen LogP contribution < -0.4 is 4.72 Å². The second kappa shape index (κ2) is 5.71. The number of nitrogens with zero attached hydrogens (tertiary/aromatic N) is 1. The number of anilines is 1. The van der Waals surface area contributed by atoms with Crippen LogP contribution in [0.4, 0.5) is 11.4 Å². The second-order valence-corrected chi connectivity index (χ2v) is 6.44. The lowest BCUT2D eigenvalue weighted by molar-refractivity contribution is -0.385. The Morgan fingerprint density at radius 2 is 1.90 bits per heavy atom. The van der Waals surface area contributed by atoms with Crippen LogP contribution in [-0.2, 0) is 10.0 Å². The molecule has 0 aliphatic heterocycles. The summed E-state index contributed by atoms with van der Waals surface area (Å²) in [4.78, 5) is 9.88. The van der Waals surface area contributed by atoms with Crippen LogP contribution in [0, 0.1) is 17.0 Å². The smallest absolute Gasteiger partial charge is 0.270 e. The van der Waals surface area contributed by atoms with Crippen molar-refractivity contribution in [3.8, 4) is 0 Å². The van der Waals surface area contributed by atoms with E-state index in [4.69, 9.17) is 11.6 Å². The van der Waals surface area contributed by atoms with Gasteiger partial charge in [-0.15, -0.1) is 0 Å². The summed E-state index contributed by atoms with van der Waals surface area (Å²) >= 11 is 5.81. The van der Waals surface area contributed by atoms with Crippen molar-refractivity contribution in [2.24, 2.45) is 0 Å². The van der Waals surface area contributed by atoms with Gasteiger partial charge in [0.25, 0.3) is 15.7 Å². The third kappa shape index (κ3) is 3.50. The number of nitro benzene ring substituents is 1. The van der Waals surface area contributed by atoms with Gasteiger partial charge in [-0.05, 0) is 36.8 Å². The Morgan fingerprint density at radius 3 is 2.52 bits per heavy atom. The minimum absolute atomic E-state index is 0.175. The second-order valence-electron chi connectivity index (χ2n) is 4.32. The number of halogens is 1. The molecule has 110 valence electrons. The van der Waals surface area contributed by atoms with Crippen molar-refractivity contribution < 1.29 is 13.3 Å². The average Bonchev–Trinajstić information content (AvgIpc) is 2.42. The molecule has 0 heterocycles. The largest absolute Gasteiger partial charge is 0.279 e. The molecule has 0 aromatic heterocycles. The fraction of sp³-hybridized carbons (Fsp3) is 0.0769. The van der Waals surface area contributed by atoms with Crippen LogP contribution in [0.1, 0.15) is 5.56 Å². The zero-order valence-corrected chi connectivity index (χ0v) is 12.5. The fourth-order valence-corrected chi connectivity index (χ4v) is 3.11. The Labute approximate surface area is 126 Å². The molecule has 8 heteroatoms. The molecule has 2 rings (SSSR count). The fourth-order valence-electron chi connectivity index (χ4n) is 1.71. The number of benzene rings is 2. The van der Waals surface area contributed by atoms with Crippen molar-refractivity contribution in [3.63, 3.8) is 0 Å². The van der Waals surface area contributed by atoms with Crippen LogP contribution in [0.15, 0.2) is 47.4 Å². The first-order valence-electron chi connectivity index (χ1n) is 5.83. The molecular formula is C13H11ClN2O4S. The van der Waals surface area contributed by atoms with Gasteiger partial charge in [0.1, 0.15) is 0 Å². The summed E-state index contributed by atoms with van der Waals surface area (Å²) in [6.45, 7) is 1.71. The Kier molecular flexibility index (Phi) is 4.15. The number of hydrogen-bond donors (Lipinski definition) is 1. The van der Waals surface area contributed by atoms with Crippen LogP contribution in [0.3, 0.4) is 0 Å². The highest BCUT2D eigenvalue weighted by Gasteiger charge is 2.18. The summed E-state index contributed by atoms with van der Waals surface area (Å²) in [5, 5.41) is 11.2. The molecule has 0 unspecified atom stereocenters. The maximum absolute atomic E-state index is 12.2. The number of aryl methyl sites for hydroxylation is 1. The number of hydrogen-bond acceptors (Lipinski definition) is 4. The van der Waals surface area contributed by atoms with Crippen LogP contribution in [0.5, 0.6) is 0 Å². The van der Waals surface area contributed by atoms with Gasteiger partial charge in [-0.2, -0.15) is 0 Å². The van der Waals surface area contributed by atoms with E-state index in [9.17, 15) is 18.5 Å². The minimum atomic E-state index is -3.90. The van der Waals surface area contributed by atoms with Gasteiger partial charge in [-0.3, -0.25) is 14.8 Å². The maximum Gasteiger partial charge on any atom is 0.270 e. The lowest BCUT2D eigenvalue weighted by Gasteiger charge is -2.10. The quantitative estimate of drug-likeness (QED) is 0.689. The number of nitro groups is 1. The summed E-state index contributed by atoms with van der Waals surface area (Å²) in [6.07, 6.45) is 0. The first kappa shape index (κ1) is 15.3. The monoisotopic (exact) mass is 326 g/mol. The highest BCUT2D eigenvalue weighted by atomic mass is 35.5. The van der Waals surface area contributed by atoms with Gasteiger partial charge in [0.05, 0.1) is 15.5 Å². The summed E-state index contributed by atoms with van der Waals surface area (Å²) in [5.41, 5.74) is 0.730. The Morgan fingerprint density at radius 1 is 1.19 bits per heavy atom. The third-order valence-corrected chi connectivity index (χ3v) is 4.37. The van der Waals surface area contributed by atoms with E-state index in [0.29, 0.717) is 16.3 Å². The predicted octanol–water partition coefficient (Wildman–Crippen LogP) is 3.36. The van der Waals surface area contributed by atoms with Crippen LogP contribution in [0.2, 0.25) is 5.02 Å². The Balaban J connectivity index is 2.38. The number of non-ortho nitro benzene ring substituents is 1. The molecule has 0 radical (unpaired) electrons. The molecule has 2 aromatic carbocycles. The first-order valence-corrected chi connectivity index (χ1v) is 7.69. The molecule has 6 nitrogen and oxygen atoms in total. The van der Waals surface area contributed by atoms with E-state index in [1.807, 2.05) is 0 Å². The predicted molar refractivity (Wildman–Crippen MR) is 80.1 cm³/mol. The van der Waals surface area contributed by atoms with Crippen LogP contribution in [-0.4, -0.2) is 13.3 Å². The first-order chi connectivity index (χ1) is 9.79. The van der Waals surface area contributed by atoms with Gasteiger partial charge >= 0.3 is 0 Å². The molecule has 2 aromatic rings. The third-order valence-electron chi connectivity index (χ3n) is 2.77. The van der Waals surface area contributed by atoms with Crippen molar-refractivity contribution in [1.82, 2.24) is 0 Å². The standard InChI is InChI=1S/C13H11ClN2O4S/c1-9-7-10(14)5-6-13(9)15-21(19,20)12-4-2-3-11(8-12)16(17)18/h2-8,15H,1H3. The molecular weight excluding hydrogens is 316 g/mol. The van der Waals surface area contributed by atoms with E-state index in [2.05, 4.69) is 4.72 Å². The highest BCUT2D eigenvalue weighted by molar-refractivity contribution is 7.92. The van der Waals surface area contributed by atoms with E-state index in [1.54, 1.807) is 19.1 Å². The molecule has 0 bridgehead atoms. The lowest BCUT2D eigenvalue weighted by atomic mass is 10.2. The highest BCUT2D eigenvalue weighted by Crippen LogP contribution is 2.24. The number of sulfonamides is 1. The molecule has 0 saturated carbocycles. The van der Waals surface area contributed by atoms with Gasteiger partial charge in [0, 0.05) is 17.2 Å².